The van der Waals surface area contributed by atoms with E-state index in [1.807, 2.05) is 65.6 Å². The molecule has 5 rings (SSSR count). The quantitative estimate of drug-likeness (QED) is 0.291. The van der Waals surface area contributed by atoms with E-state index in [2.05, 4.69) is 25.0 Å². The maximum Gasteiger partial charge on any atom is 0.267 e. The molecule has 1 aliphatic heterocycles. The molecule has 2 aliphatic rings. The van der Waals surface area contributed by atoms with Crippen molar-refractivity contribution in [2.75, 3.05) is 6.61 Å². The van der Waals surface area contributed by atoms with Crippen LogP contribution in [0, 0.1) is 18.3 Å². The molecule has 176 valence electrons. The molecular formula is C30H28N2O2S. The predicted molar refractivity (Wildman–Crippen MR) is 146 cm³/mol. The van der Waals surface area contributed by atoms with Crippen LogP contribution in [-0.4, -0.2) is 28.6 Å². The molecular weight excluding hydrogens is 452 g/mol. The maximum absolute atomic E-state index is 13.9. The first-order valence-electron chi connectivity index (χ1n) is 12.1. The number of benzene rings is 3. The van der Waals surface area contributed by atoms with Gasteiger partial charge in [-0.3, -0.25) is 9.69 Å². The van der Waals surface area contributed by atoms with Crippen LogP contribution in [0.4, 0.5) is 5.69 Å². The van der Waals surface area contributed by atoms with Gasteiger partial charge < -0.3 is 4.74 Å². The number of carbonyl (C=O) groups excluding carboxylic acids is 1. The molecule has 4 nitrogen and oxygen atoms in total. The third-order valence-corrected chi connectivity index (χ3v) is 7.72. The Morgan fingerprint density at radius 2 is 1.86 bits per heavy atom. The van der Waals surface area contributed by atoms with Crippen LogP contribution in [-0.2, 0) is 4.79 Å². The zero-order chi connectivity index (χ0) is 24.2. The summed E-state index contributed by atoms with van der Waals surface area (Å²) >= 11 is 1.44. The Bertz CT molecular complexity index is 1340. The van der Waals surface area contributed by atoms with E-state index >= 15 is 0 Å². The number of hydrogen-bond acceptors (Lipinski definition) is 4. The standard InChI is InChI=1S/C30H28N2O2S/c1-3-19-34-27-18-17-22-12-8-9-15-24(22)25(27)20-28-29(33)32(26-16-10-7-11-21(26)2)30(35-28)31-23-13-5-4-6-14-23/h1,4-6,8-9,12-15,17-18,20-21,26H,7,10-11,16,19H2,2H3/b28-20-,31-30?/t21-,26-/m0/s1. The molecule has 0 unspecified atom stereocenters. The van der Waals surface area contributed by atoms with Crippen LogP contribution < -0.4 is 4.74 Å². The van der Waals surface area contributed by atoms with E-state index in [1.54, 1.807) is 0 Å². The van der Waals surface area contributed by atoms with Gasteiger partial charge in [0.05, 0.1) is 10.6 Å². The molecule has 0 aromatic heterocycles. The fourth-order valence-electron chi connectivity index (χ4n) is 4.95. The Labute approximate surface area is 211 Å². The molecule has 3 aromatic rings. The molecule has 1 saturated carbocycles. The third kappa shape index (κ3) is 4.85. The fraction of sp³-hybridized carbons (Fsp3) is 0.267. The van der Waals surface area contributed by atoms with Gasteiger partial charge in [-0.15, -0.1) is 6.42 Å². The molecule has 1 aliphatic carbocycles. The van der Waals surface area contributed by atoms with Gasteiger partial charge in [0.2, 0.25) is 0 Å². The minimum atomic E-state index is 0.0132. The first kappa shape index (κ1) is 23.3. The molecule has 0 bridgehead atoms. The molecule has 1 saturated heterocycles. The summed E-state index contributed by atoms with van der Waals surface area (Å²) in [6, 6.07) is 22.1. The lowest BCUT2D eigenvalue weighted by Crippen LogP contribution is -2.44. The highest BCUT2D eigenvalue weighted by atomic mass is 32.2. The van der Waals surface area contributed by atoms with Gasteiger partial charge >= 0.3 is 0 Å². The van der Waals surface area contributed by atoms with E-state index in [9.17, 15) is 4.79 Å². The maximum atomic E-state index is 13.9. The van der Waals surface area contributed by atoms with Crippen molar-refractivity contribution in [2.24, 2.45) is 10.9 Å². The van der Waals surface area contributed by atoms with Crippen LogP contribution in [0.5, 0.6) is 5.75 Å². The molecule has 35 heavy (non-hydrogen) atoms. The molecule has 2 atom stereocenters. The summed E-state index contributed by atoms with van der Waals surface area (Å²) < 4.78 is 5.88. The highest BCUT2D eigenvalue weighted by molar-refractivity contribution is 8.18. The Morgan fingerprint density at radius 1 is 1.09 bits per heavy atom. The number of aliphatic imine (C=N–C) groups is 1. The third-order valence-electron chi connectivity index (χ3n) is 6.73. The van der Waals surface area contributed by atoms with Gasteiger partial charge in [-0.1, -0.05) is 74.2 Å². The lowest BCUT2D eigenvalue weighted by Gasteiger charge is -2.35. The van der Waals surface area contributed by atoms with Crippen molar-refractivity contribution < 1.29 is 9.53 Å². The average molecular weight is 481 g/mol. The van der Waals surface area contributed by atoms with E-state index in [0.29, 0.717) is 16.6 Å². The van der Waals surface area contributed by atoms with Crippen molar-refractivity contribution in [3.63, 3.8) is 0 Å². The number of rotatable bonds is 5. The van der Waals surface area contributed by atoms with Gasteiger partial charge in [-0.2, -0.15) is 0 Å². The average Bonchev–Trinajstić information content (AvgIpc) is 3.18. The molecule has 5 heteroatoms. The second kappa shape index (κ2) is 10.4. The molecule has 1 amide bonds. The van der Waals surface area contributed by atoms with E-state index < -0.39 is 0 Å². The first-order chi connectivity index (χ1) is 17.2. The number of ether oxygens (including phenoxy) is 1. The SMILES string of the molecule is C#CCOc1ccc2ccccc2c1/C=C1\SC(=Nc2ccccc2)N([C@H]2CCCC[C@@H]2C)C1=O. The van der Waals surface area contributed by atoms with Gasteiger partial charge in [0.15, 0.2) is 5.17 Å². The van der Waals surface area contributed by atoms with Crippen molar-refractivity contribution >= 4 is 45.4 Å². The molecule has 0 radical (unpaired) electrons. The largest absolute Gasteiger partial charge is 0.480 e. The summed E-state index contributed by atoms with van der Waals surface area (Å²) in [5.74, 6) is 3.66. The highest BCUT2D eigenvalue weighted by Crippen LogP contribution is 2.41. The number of amides is 1. The Kier molecular flexibility index (Phi) is 6.92. The van der Waals surface area contributed by atoms with Crippen LogP contribution in [0.2, 0.25) is 0 Å². The number of amidine groups is 1. The topological polar surface area (TPSA) is 41.9 Å². The van der Waals surface area contributed by atoms with Gasteiger partial charge in [0.25, 0.3) is 5.91 Å². The summed E-state index contributed by atoms with van der Waals surface area (Å²) in [6.07, 6.45) is 11.9. The van der Waals surface area contributed by atoms with E-state index in [-0.39, 0.29) is 18.6 Å². The Balaban J connectivity index is 1.61. The number of hydrogen-bond donors (Lipinski definition) is 0. The highest BCUT2D eigenvalue weighted by Gasteiger charge is 2.41. The number of fused-ring (bicyclic) bond motifs is 1. The van der Waals surface area contributed by atoms with E-state index in [1.165, 1.54) is 18.2 Å². The second-order valence-corrected chi connectivity index (χ2v) is 10.0. The normalized spacial score (nSPS) is 22.6. The zero-order valence-corrected chi connectivity index (χ0v) is 20.6. The second-order valence-electron chi connectivity index (χ2n) is 9.04. The Morgan fingerprint density at radius 3 is 2.66 bits per heavy atom. The minimum absolute atomic E-state index is 0.0132. The molecule has 0 N–H and O–H groups in total. The van der Waals surface area contributed by atoms with Crippen molar-refractivity contribution in [3.05, 3.63) is 77.2 Å². The van der Waals surface area contributed by atoms with Gasteiger partial charge in [-0.25, -0.2) is 4.99 Å². The Hall–Kier alpha value is -3.49. The van der Waals surface area contributed by atoms with Crippen LogP contribution in [0.15, 0.2) is 76.6 Å². The molecule has 2 fully saturated rings. The smallest absolute Gasteiger partial charge is 0.267 e. The number of carbonyl (C=O) groups is 1. The molecule has 1 heterocycles. The summed E-state index contributed by atoms with van der Waals surface area (Å²) in [4.78, 5) is 21.4. The van der Waals surface area contributed by atoms with Crippen LogP contribution >= 0.6 is 11.8 Å². The van der Waals surface area contributed by atoms with Crippen molar-refractivity contribution in [1.29, 1.82) is 0 Å². The van der Waals surface area contributed by atoms with Gasteiger partial charge in [-0.05, 0) is 65.6 Å². The summed E-state index contributed by atoms with van der Waals surface area (Å²) in [7, 11) is 0. The molecule has 0 spiro atoms. The van der Waals surface area contributed by atoms with Crippen molar-refractivity contribution in [1.82, 2.24) is 4.90 Å². The minimum Gasteiger partial charge on any atom is -0.480 e. The number of para-hydroxylation sites is 1. The zero-order valence-electron chi connectivity index (χ0n) is 19.8. The summed E-state index contributed by atoms with van der Waals surface area (Å²) in [6.45, 7) is 2.42. The van der Waals surface area contributed by atoms with E-state index in [4.69, 9.17) is 16.2 Å². The number of thioether (sulfide) groups is 1. The van der Waals surface area contributed by atoms with Crippen molar-refractivity contribution in [2.45, 2.75) is 38.6 Å². The lowest BCUT2D eigenvalue weighted by molar-refractivity contribution is -0.124. The number of terminal acetylenes is 1. The van der Waals surface area contributed by atoms with Crippen LogP contribution in [0.1, 0.15) is 38.2 Å². The van der Waals surface area contributed by atoms with Crippen LogP contribution in [0.25, 0.3) is 16.8 Å². The lowest BCUT2D eigenvalue weighted by atomic mass is 9.85. The van der Waals surface area contributed by atoms with Gasteiger partial charge in [0, 0.05) is 11.6 Å². The monoisotopic (exact) mass is 480 g/mol. The predicted octanol–water partition coefficient (Wildman–Crippen LogP) is 7.03. The summed E-state index contributed by atoms with van der Waals surface area (Å²) in [5.41, 5.74) is 1.72. The summed E-state index contributed by atoms with van der Waals surface area (Å²) in [5, 5.41) is 2.85. The fourth-order valence-corrected chi connectivity index (χ4v) is 5.98. The van der Waals surface area contributed by atoms with Gasteiger partial charge in [0.1, 0.15) is 12.4 Å². The first-order valence-corrected chi connectivity index (χ1v) is 12.9. The number of nitrogens with zero attached hydrogens (tertiary/aromatic N) is 2. The van der Waals surface area contributed by atoms with Crippen LogP contribution in [0.3, 0.4) is 0 Å². The van der Waals surface area contributed by atoms with E-state index in [0.717, 1.165) is 46.5 Å². The van der Waals surface area contributed by atoms with Crippen molar-refractivity contribution in [3.8, 4) is 18.1 Å². The molecule has 3 aromatic carbocycles.